The minimum absolute atomic E-state index is 0.776. The van der Waals surface area contributed by atoms with Crippen LogP contribution in [0.3, 0.4) is 0 Å². The third-order valence-corrected chi connectivity index (χ3v) is 5.17. The fourth-order valence-electron chi connectivity index (χ4n) is 3.73. The molecule has 3 rings (SSSR count). The van der Waals surface area contributed by atoms with Crippen LogP contribution in [0.25, 0.3) is 0 Å². The van der Waals surface area contributed by atoms with Gasteiger partial charge in [0, 0.05) is 63.1 Å². The van der Waals surface area contributed by atoms with Crippen molar-refractivity contribution in [2.75, 3.05) is 39.3 Å². The number of aromatic nitrogens is 2. The molecule has 0 amide bonds. The molecule has 0 unspecified atom stereocenters. The van der Waals surface area contributed by atoms with E-state index < -0.39 is 0 Å². The zero-order valence-electron chi connectivity index (χ0n) is 13.7. The number of aryl methyl sites for hydroxylation is 2. The first-order valence-electron chi connectivity index (χ1n) is 8.39. The van der Waals surface area contributed by atoms with Crippen LogP contribution >= 0.6 is 0 Å². The summed E-state index contributed by atoms with van der Waals surface area (Å²) < 4.78 is 2.13. The molecule has 0 saturated carbocycles. The summed E-state index contributed by atoms with van der Waals surface area (Å²) in [5, 5.41) is 8.12. The van der Waals surface area contributed by atoms with Gasteiger partial charge in [0.2, 0.25) is 0 Å². The first-order valence-corrected chi connectivity index (χ1v) is 8.39. The molecule has 1 atom stereocenters. The molecule has 0 spiro atoms. The maximum Gasteiger partial charge on any atom is 0.0641 e. The summed E-state index contributed by atoms with van der Waals surface area (Å²) in [5.74, 6) is 0. The molecule has 5 nitrogen and oxygen atoms in total. The summed E-state index contributed by atoms with van der Waals surface area (Å²) in [7, 11) is 0. The van der Waals surface area contributed by atoms with Gasteiger partial charge in [-0.05, 0) is 33.7 Å². The lowest BCUT2D eigenvalue weighted by Gasteiger charge is -2.37. The number of nitrogens with zero attached hydrogens (tertiary/aromatic N) is 4. The van der Waals surface area contributed by atoms with E-state index >= 15 is 0 Å². The molecule has 2 fully saturated rings. The van der Waals surface area contributed by atoms with Gasteiger partial charge in [-0.15, -0.1) is 0 Å². The van der Waals surface area contributed by atoms with E-state index in [0.29, 0.717) is 0 Å². The second-order valence-electron chi connectivity index (χ2n) is 6.42. The molecular formula is C16H29N5. The van der Waals surface area contributed by atoms with E-state index in [1.54, 1.807) is 0 Å². The molecule has 3 heterocycles. The maximum atomic E-state index is 4.64. The normalized spacial score (nSPS) is 24.8. The van der Waals surface area contributed by atoms with Gasteiger partial charge in [-0.2, -0.15) is 5.10 Å². The van der Waals surface area contributed by atoms with Gasteiger partial charge < -0.3 is 5.32 Å². The van der Waals surface area contributed by atoms with Crippen molar-refractivity contribution in [1.82, 2.24) is 24.9 Å². The van der Waals surface area contributed by atoms with Gasteiger partial charge in [0.15, 0.2) is 0 Å². The average Bonchev–Trinajstić information content (AvgIpc) is 3.12. The van der Waals surface area contributed by atoms with Crippen molar-refractivity contribution in [1.29, 1.82) is 0 Å². The Balaban J connectivity index is 1.56. The fraction of sp³-hybridized carbons (Fsp3) is 0.812. The van der Waals surface area contributed by atoms with E-state index in [4.69, 9.17) is 0 Å². The highest BCUT2D eigenvalue weighted by Gasteiger charge is 2.26. The number of rotatable bonds is 4. The summed E-state index contributed by atoms with van der Waals surface area (Å²) in [4.78, 5) is 5.27. The van der Waals surface area contributed by atoms with Crippen molar-refractivity contribution in [3.8, 4) is 0 Å². The number of piperazine rings is 1. The summed E-state index contributed by atoms with van der Waals surface area (Å²) in [5.41, 5.74) is 3.99. The van der Waals surface area contributed by atoms with Crippen LogP contribution in [0.4, 0.5) is 0 Å². The van der Waals surface area contributed by atoms with E-state index in [9.17, 15) is 0 Å². The Bertz CT molecular complexity index is 467. The molecule has 2 aliphatic heterocycles. The van der Waals surface area contributed by atoms with E-state index in [1.165, 1.54) is 62.6 Å². The fourth-order valence-corrected chi connectivity index (χ4v) is 3.73. The van der Waals surface area contributed by atoms with Crippen LogP contribution in [-0.2, 0) is 13.1 Å². The Labute approximate surface area is 128 Å². The third-order valence-electron chi connectivity index (χ3n) is 5.17. The van der Waals surface area contributed by atoms with Gasteiger partial charge in [0.25, 0.3) is 0 Å². The predicted molar refractivity (Wildman–Crippen MR) is 85.5 cm³/mol. The third kappa shape index (κ3) is 3.15. The van der Waals surface area contributed by atoms with Crippen LogP contribution in [0.15, 0.2) is 0 Å². The topological polar surface area (TPSA) is 36.3 Å². The minimum atomic E-state index is 0.776. The first-order chi connectivity index (χ1) is 10.2. The van der Waals surface area contributed by atoms with Crippen molar-refractivity contribution in [3.63, 3.8) is 0 Å². The van der Waals surface area contributed by atoms with E-state index in [1.807, 2.05) is 0 Å². The SMILES string of the molecule is CCn1nc(C)c(CN2CCN([C@@H]3CCNC3)CC2)c1C. The molecule has 1 N–H and O–H groups in total. The van der Waals surface area contributed by atoms with Gasteiger partial charge in [0.05, 0.1) is 5.69 Å². The maximum absolute atomic E-state index is 4.64. The lowest BCUT2D eigenvalue weighted by molar-refractivity contribution is 0.0979. The van der Waals surface area contributed by atoms with Crippen molar-refractivity contribution in [3.05, 3.63) is 17.0 Å². The van der Waals surface area contributed by atoms with Crippen LogP contribution < -0.4 is 5.32 Å². The lowest BCUT2D eigenvalue weighted by Crippen LogP contribution is -2.50. The largest absolute Gasteiger partial charge is 0.315 e. The highest BCUT2D eigenvalue weighted by atomic mass is 15.3. The average molecular weight is 291 g/mol. The van der Waals surface area contributed by atoms with Gasteiger partial charge in [0.1, 0.15) is 0 Å². The summed E-state index contributed by atoms with van der Waals surface area (Å²) in [6.45, 7) is 15.7. The van der Waals surface area contributed by atoms with Crippen LogP contribution in [0.2, 0.25) is 0 Å². The van der Waals surface area contributed by atoms with Gasteiger partial charge in [-0.1, -0.05) is 0 Å². The number of nitrogens with one attached hydrogen (secondary N) is 1. The van der Waals surface area contributed by atoms with E-state index in [0.717, 1.165) is 19.1 Å². The standard InChI is InChI=1S/C16H29N5/c1-4-21-14(3)16(13(2)18-21)12-19-7-9-20(10-8-19)15-5-6-17-11-15/h15,17H,4-12H2,1-3H3/t15-/m1/s1. The molecule has 0 bridgehead atoms. The monoisotopic (exact) mass is 291 g/mol. The van der Waals surface area contributed by atoms with Gasteiger partial charge >= 0.3 is 0 Å². The van der Waals surface area contributed by atoms with E-state index in [2.05, 4.69) is 45.7 Å². The Morgan fingerprint density at radius 1 is 1.19 bits per heavy atom. The zero-order chi connectivity index (χ0) is 14.8. The molecule has 2 aliphatic rings. The van der Waals surface area contributed by atoms with Crippen LogP contribution in [-0.4, -0.2) is 64.9 Å². The van der Waals surface area contributed by atoms with Crippen LogP contribution in [0, 0.1) is 13.8 Å². The molecule has 1 aromatic rings. The molecule has 5 heteroatoms. The second-order valence-corrected chi connectivity index (χ2v) is 6.42. The lowest BCUT2D eigenvalue weighted by atomic mass is 10.1. The van der Waals surface area contributed by atoms with Crippen molar-refractivity contribution in [2.24, 2.45) is 0 Å². The Morgan fingerprint density at radius 3 is 2.52 bits per heavy atom. The smallest absolute Gasteiger partial charge is 0.0641 e. The quantitative estimate of drug-likeness (QED) is 0.898. The summed E-state index contributed by atoms with van der Waals surface area (Å²) in [6.07, 6.45) is 1.32. The summed E-state index contributed by atoms with van der Waals surface area (Å²) >= 11 is 0. The summed E-state index contributed by atoms with van der Waals surface area (Å²) in [6, 6.07) is 0.776. The van der Waals surface area contributed by atoms with Crippen molar-refractivity contribution < 1.29 is 0 Å². The Morgan fingerprint density at radius 2 is 1.95 bits per heavy atom. The van der Waals surface area contributed by atoms with Gasteiger partial charge in [-0.3, -0.25) is 14.5 Å². The number of hydrogen-bond donors (Lipinski definition) is 1. The molecule has 2 saturated heterocycles. The molecule has 1 aromatic heterocycles. The predicted octanol–water partition coefficient (Wildman–Crippen LogP) is 0.999. The second kappa shape index (κ2) is 6.46. The molecule has 21 heavy (non-hydrogen) atoms. The van der Waals surface area contributed by atoms with Gasteiger partial charge in [-0.25, -0.2) is 0 Å². The molecular weight excluding hydrogens is 262 g/mol. The van der Waals surface area contributed by atoms with E-state index in [-0.39, 0.29) is 0 Å². The van der Waals surface area contributed by atoms with Crippen molar-refractivity contribution >= 4 is 0 Å². The highest BCUT2D eigenvalue weighted by Crippen LogP contribution is 2.18. The van der Waals surface area contributed by atoms with Crippen LogP contribution in [0.5, 0.6) is 0 Å². The highest BCUT2D eigenvalue weighted by molar-refractivity contribution is 5.24. The first kappa shape index (κ1) is 15.0. The molecule has 0 aliphatic carbocycles. The van der Waals surface area contributed by atoms with Crippen LogP contribution in [0.1, 0.15) is 30.3 Å². The Kier molecular flexibility index (Phi) is 4.62. The minimum Gasteiger partial charge on any atom is -0.315 e. The number of hydrogen-bond acceptors (Lipinski definition) is 4. The molecule has 0 aromatic carbocycles. The Hall–Kier alpha value is -0.910. The molecule has 118 valence electrons. The zero-order valence-corrected chi connectivity index (χ0v) is 13.7. The van der Waals surface area contributed by atoms with Crippen molar-refractivity contribution in [2.45, 2.75) is 46.3 Å². The molecule has 0 radical (unpaired) electrons.